The third-order valence-corrected chi connectivity index (χ3v) is 7.60. The number of nitrogens with zero attached hydrogens (tertiary/aromatic N) is 6. The molecule has 0 aliphatic carbocycles. The van der Waals surface area contributed by atoms with Crippen molar-refractivity contribution in [2.75, 3.05) is 26.3 Å². The van der Waals surface area contributed by atoms with Crippen LogP contribution in [-0.2, 0) is 17.8 Å². The highest BCUT2D eigenvalue weighted by Gasteiger charge is 2.35. The summed E-state index contributed by atoms with van der Waals surface area (Å²) in [6.45, 7) is 8.45. The number of rotatable bonds is 10. The molecule has 4 aromatic rings. The van der Waals surface area contributed by atoms with Crippen LogP contribution in [-0.4, -0.2) is 68.3 Å². The predicted molar refractivity (Wildman–Crippen MR) is 154 cm³/mol. The SMILES string of the molecule is CC1CN(C(c2ccc(-c3cn(CCOCC#N)nn3)cc2)c2cccc(O)c2)C(C)CN1Cc1ccccc1. The second-order valence-corrected chi connectivity index (χ2v) is 10.5. The van der Waals surface area contributed by atoms with Crippen LogP contribution >= 0.6 is 0 Å². The molecule has 0 saturated carbocycles. The highest BCUT2D eigenvalue weighted by atomic mass is 16.5. The largest absolute Gasteiger partial charge is 0.508 e. The monoisotopic (exact) mass is 536 g/mol. The third-order valence-electron chi connectivity index (χ3n) is 7.60. The second kappa shape index (κ2) is 12.9. The Bertz CT molecular complexity index is 1420. The lowest BCUT2D eigenvalue weighted by Gasteiger charge is -2.47. The van der Waals surface area contributed by atoms with Gasteiger partial charge in [0, 0.05) is 37.3 Å². The Labute approximate surface area is 236 Å². The first kappa shape index (κ1) is 27.5. The molecule has 3 atom stereocenters. The van der Waals surface area contributed by atoms with E-state index in [0.717, 1.165) is 36.5 Å². The molecular weight excluding hydrogens is 500 g/mol. The molecule has 1 aliphatic rings. The molecule has 1 aromatic heterocycles. The molecule has 1 N–H and O–H groups in total. The molecule has 8 heteroatoms. The van der Waals surface area contributed by atoms with Crippen LogP contribution in [0.15, 0.2) is 85.1 Å². The lowest BCUT2D eigenvalue weighted by Crippen LogP contribution is -2.56. The van der Waals surface area contributed by atoms with Gasteiger partial charge >= 0.3 is 0 Å². The summed E-state index contributed by atoms with van der Waals surface area (Å²) in [4.78, 5) is 5.13. The summed E-state index contributed by atoms with van der Waals surface area (Å²) in [5.41, 5.74) is 5.35. The highest BCUT2D eigenvalue weighted by molar-refractivity contribution is 5.58. The number of nitriles is 1. The van der Waals surface area contributed by atoms with E-state index >= 15 is 0 Å². The first-order valence-corrected chi connectivity index (χ1v) is 13.8. The smallest absolute Gasteiger partial charge is 0.133 e. The first-order valence-electron chi connectivity index (χ1n) is 13.8. The van der Waals surface area contributed by atoms with Crippen molar-refractivity contribution < 1.29 is 9.84 Å². The molecule has 3 unspecified atom stereocenters. The third kappa shape index (κ3) is 6.57. The van der Waals surface area contributed by atoms with Crippen molar-refractivity contribution >= 4 is 0 Å². The van der Waals surface area contributed by atoms with Crippen LogP contribution in [0.3, 0.4) is 0 Å². The number of phenols is 1. The van der Waals surface area contributed by atoms with Gasteiger partial charge in [-0.1, -0.05) is 71.9 Å². The maximum atomic E-state index is 10.3. The van der Waals surface area contributed by atoms with Gasteiger partial charge in [-0.2, -0.15) is 5.26 Å². The van der Waals surface area contributed by atoms with Gasteiger partial charge in [-0.05, 0) is 42.7 Å². The molecule has 3 aromatic carbocycles. The van der Waals surface area contributed by atoms with E-state index in [1.54, 1.807) is 10.7 Å². The highest BCUT2D eigenvalue weighted by Crippen LogP contribution is 2.35. The summed E-state index contributed by atoms with van der Waals surface area (Å²) in [6.07, 6.45) is 1.90. The summed E-state index contributed by atoms with van der Waals surface area (Å²) in [5.74, 6) is 0.276. The number of hydrogen-bond acceptors (Lipinski definition) is 7. The molecule has 1 aliphatic heterocycles. The van der Waals surface area contributed by atoms with Gasteiger partial charge in [0.2, 0.25) is 0 Å². The Balaban J connectivity index is 1.36. The molecule has 2 heterocycles. The predicted octanol–water partition coefficient (Wildman–Crippen LogP) is 4.88. The normalized spacial score (nSPS) is 18.8. The van der Waals surface area contributed by atoms with Crippen molar-refractivity contribution in [2.24, 2.45) is 0 Å². The molecule has 206 valence electrons. The van der Waals surface area contributed by atoms with Crippen LogP contribution in [0.25, 0.3) is 11.3 Å². The second-order valence-electron chi connectivity index (χ2n) is 10.5. The van der Waals surface area contributed by atoms with E-state index in [0.29, 0.717) is 25.2 Å². The lowest BCUT2D eigenvalue weighted by atomic mass is 9.92. The van der Waals surface area contributed by atoms with Crippen molar-refractivity contribution in [3.63, 3.8) is 0 Å². The van der Waals surface area contributed by atoms with Gasteiger partial charge in [0.25, 0.3) is 0 Å². The Hall–Kier alpha value is -4.03. The fourth-order valence-electron chi connectivity index (χ4n) is 5.55. The standard InChI is InChI=1S/C32H36N6O2/c1-24-21-38(25(2)20-36(24)22-26-7-4-3-5-8-26)32(29-9-6-10-30(39)19-29)28-13-11-27(12-14-28)31-23-37(35-34-31)16-18-40-17-15-33/h3-14,19,23-25,32,39H,16-18,20-22H2,1-2H3. The van der Waals surface area contributed by atoms with Gasteiger partial charge < -0.3 is 9.84 Å². The van der Waals surface area contributed by atoms with Crippen molar-refractivity contribution in [2.45, 2.75) is 45.1 Å². The topological polar surface area (TPSA) is 90.4 Å². The maximum Gasteiger partial charge on any atom is 0.133 e. The molecule has 8 nitrogen and oxygen atoms in total. The molecule has 5 rings (SSSR count). The maximum absolute atomic E-state index is 10.3. The quantitative estimate of drug-likeness (QED) is 0.289. The van der Waals surface area contributed by atoms with Crippen molar-refractivity contribution in [3.8, 4) is 23.1 Å². The number of aromatic hydroxyl groups is 1. The Morgan fingerprint density at radius 2 is 1.77 bits per heavy atom. The van der Waals surface area contributed by atoms with Crippen LogP contribution in [0.2, 0.25) is 0 Å². The van der Waals surface area contributed by atoms with Gasteiger partial charge in [0.05, 0.1) is 31.5 Å². The van der Waals surface area contributed by atoms with Gasteiger partial charge in [0.15, 0.2) is 0 Å². The van der Waals surface area contributed by atoms with Crippen molar-refractivity contribution in [3.05, 3.63) is 102 Å². The summed E-state index contributed by atoms with van der Waals surface area (Å²) in [7, 11) is 0. The fourth-order valence-corrected chi connectivity index (χ4v) is 5.55. The minimum absolute atomic E-state index is 0.00504. The summed E-state index contributed by atoms with van der Waals surface area (Å²) < 4.78 is 6.96. The average molecular weight is 537 g/mol. The lowest BCUT2D eigenvalue weighted by molar-refractivity contribution is 0.0195. The van der Waals surface area contributed by atoms with Crippen molar-refractivity contribution in [1.29, 1.82) is 5.26 Å². The van der Waals surface area contributed by atoms with Gasteiger partial charge in [-0.15, -0.1) is 5.10 Å². The zero-order chi connectivity index (χ0) is 27.9. The summed E-state index contributed by atoms with van der Waals surface area (Å²) in [6, 6.07) is 29.5. The van der Waals surface area contributed by atoms with Crippen LogP contribution in [0.1, 0.15) is 36.6 Å². The molecule has 0 radical (unpaired) electrons. The summed E-state index contributed by atoms with van der Waals surface area (Å²) >= 11 is 0. The number of phenolic OH excluding ortho intramolecular Hbond substituents is 1. The number of hydrogen-bond donors (Lipinski definition) is 1. The van der Waals surface area contributed by atoms with E-state index in [9.17, 15) is 5.11 Å². The number of aromatic nitrogens is 3. The van der Waals surface area contributed by atoms with E-state index in [-0.39, 0.29) is 18.4 Å². The molecule has 40 heavy (non-hydrogen) atoms. The number of benzene rings is 3. The Kier molecular flexibility index (Phi) is 8.87. The zero-order valence-corrected chi connectivity index (χ0v) is 23.1. The molecule has 1 saturated heterocycles. The van der Waals surface area contributed by atoms with Crippen LogP contribution in [0.5, 0.6) is 5.75 Å². The minimum atomic E-state index is 0.00504. The minimum Gasteiger partial charge on any atom is -0.508 e. The Morgan fingerprint density at radius 1 is 0.975 bits per heavy atom. The Morgan fingerprint density at radius 3 is 2.52 bits per heavy atom. The van der Waals surface area contributed by atoms with E-state index in [4.69, 9.17) is 10.00 Å². The van der Waals surface area contributed by atoms with Gasteiger partial charge in [0.1, 0.15) is 18.1 Å². The van der Waals surface area contributed by atoms with Gasteiger partial charge in [-0.3, -0.25) is 9.80 Å². The zero-order valence-electron chi connectivity index (χ0n) is 23.1. The molecule has 0 spiro atoms. The molecular formula is C32H36N6O2. The molecule has 0 amide bonds. The first-order chi connectivity index (χ1) is 19.5. The molecule has 0 bridgehead atoms. The van der Waals surface area contributed by atoms with Crippen LogP contribution in [0, 0.1) is 11.3 Å². The molecule has 1 fully saturated rings. The van der Waals surface area contributed by atoms with E-state index < -0.39 is 0 Å². The number of piperazine rings is 1. The summed E-state index contributed by atoms with van der Waals surface area (Å²) in [5, 5.41) is 27.5. The van der Waals surface area contributed by atoms with E-state index in [1.165, 1.54) is 11.1 Å². The van der Waals surface area contributed by atoms with E-state index in [2.05, 4.69) is 94.6 Å². The number of ether oxygens (including phenoxy) is 1. The van der Waals surface area contributed by atoms with Crippen LogP contribution in [0.4, 0.5) is 0 Å². The fraction of sp³-hybridized carbons (Fsp3) is 0.344. The van der Waals surface area contributed by atoms with Gasteiger partial charge in [-0.25, -0.2) is 4.68 Å². The van der Waals surface area contributed by atoms with Crippen LogP contribution < -0.4 is 0 Å². The van der Waals surface area contributed by atoms with E-state index in [1.807, 2.05) is 24.4 Å². The average Bonchev–Trinajstić information content (AvgIpc) is 3.44. The van der Waals surface area contributed by atoms with Crippen molar-refractivity contribution in [1.82, 2.24) is 24.8 Å².